The number of carbonyl (C=O) groups excluding carboxylic acids is 11. The number of rotatable bonds is 36. The number of aromatic hydroxyl groups is 1. The molecule has 11 amide bonds. The molecule has 2 heterocycles. The van der Waals surface area contributed by atoms with Gasteiger partial charge in [0.15, 0.2) is 0 Å². The number of nitrogens with one attached hydrogen (secondary N) is 8. The van der Waals surface area contributed by atoms with E-state index >= 15 is 0 Å². The standard InChI is InChI=1S/C54H84N12O19S/c1-27(2)20-31(55)44(74)59-34(22-29-10-12-30(70)13-11-29)46(76)62-37(24-67)49(79)64-39(26-69)53(83)66-18-7-9-41(66)51(81)63-38(25-68)48(78)58-33(16-19-86-5)52(82)65-17-6-8-40(65)50(80)57-32(14-15-43(72)73)45(75)60-35(23-42(56)71)47(77)61-36(54(84)85)21-28(3)4/h10-13,27-28,31-41,67-70H,6-9,14-26,55H2,1-5H3,(H2,56,71)(H,57,80)(H,58,78)(H,59,74)(H,60,75)(H,61,77)(H,62,76)(H,63,81)(H,64,79)(H,72,73)(H,84,85)/t31-,32-,33-,34-,35-,36-,37-,38-,39-,40-,41-/m0/s1. The molecule has 86 heavy (non-hydrogen) atoms. The molecular weight excluding hydrogens is 1150 g/mol. The van der Waals surface area contributed by atoms with Gasteiger partial charge in [0.2, 0.25) is 65.0 Å². The first-order chi connectivity index (χ1) is 40.5. The molecule has 32 heteroatoms. The van der Waals surface area contributed by atoms with Gasteiger partial charge >= 0.3 is 11.9 Å². The maximum Gasteiger partial charge on any atom is 0.326 e. The van der Waals surface area contributed by atoms with Crippen molar-refractivity contribution in [2.45, 2.75) is 165 Å². The number of carboxylic acids is 2. The SMILES string of the molecule is CSCC[C@H](NC(=O)[C@H](CO)NC(=O)[C@@H]1CCCN1C(=O)[C@H](CO)NC(=O)[C@H](CO)NC(=O)[C@H](Cc1ccc(O)cc1)NC(=O)[C@@H](N)CC(C)C)C(=O)N1CCC[C@H]1C(=O)N[C@@H](CCC(=O)O)C(=O)N[C@@H](CC(N)=O)C(=O)N[C@@H](CC(C)C)C(=O)O. The van der Waals surface area contributed by atoms with E-state index in [1.165, 1.54) is 36.0 Å². The molecule has 0 aliphatic carbocycles. The van der Waals surface area contributed by atoms with E-state index in [-0.39, 0.29) is 87.8 Å². The number of thioether (sulfide) groups is 1. The van der Waals surface area contributed by atoms with E-state index in [4.69, 9.17) is 11.5 Å². The molecule has 0 spiro atoms. The molecule has 11 atom stereocenters. The van der Waals surface area contributed by atoms with Crippen molar-refractivity contribution >= 4 is 88.7 Å². The van der Waals surface area contributed by atoms with Gasteiger partial charge in [-0.15, -0.1) is 0 Å². The monoisotopic (exact) mass is 1240 g/mol. The first-order valence-corrected chi connectivity index (χ1v) is 29.6. The largest absolute Gasteiger partial charge is 0.508 e. The lowest BCUT2D eigenvalue weighted by Crippen LogP contribution is -2.61. The van der Waals surface area contributed by atoms with E-state index in [2.05, 4.69) is 42.5 Å². The quantitative estimate of drug-likeness (QED) is 0.0299. The highest BCUT2D eigenvalue weighted by Crippen LogP contribution is 2.22. The number of nitrogens with zero attached hydrogens (tertiary/aromatic N) is 2. The van der Waals surface area contributed by atoms with Gasteiger partial charge in [0.1, 0.15) is 66.2 Å². The van der Waals surface area contributed by atoms with Gasteiger partial charge in [-0.2, -0.15) is 11.8 Å². The number of hydrogen-bond acceptors (Lipinski definition) is 19. The fourth-order valence-corrected chi connectivity index (χ4v) is 10.1. The molecule has 2 aliphatic heterocycles. The lowest BCUT2D eigenvalue weighted by molar-refractivity contribution is -0.144. The van der Waals surface area contributed by atoms with E-state index in [0.717, 1.165) is 9.80 Å². The maximum absolute atomic E-state index is 14.3. The van der Waals surface area contributed by atoms with Crippen molar-refractivity contribution in [2.24, 2.45) is 23.3 Å². The van der Waals surface area contributed by atoms with Crippen LogP contribution in [0.5, 0.6) is 5.75 Å². The number of carbonyl (C=O) groups is 13. The predicted octanol–water partition coefficient (Wildman–Crippen LogP) is -5.23. The fraction of sp³-hybridized carbons (Fsp3) is 0.648. The van der Waals surface area contributed by atoms with Crippen LogP contribution in [0.1, 0.15) is 97.5 Å². The smallest absolute Gasteiger partial charge is 0.326 e. The summed E-state index contributed by atoms with van der Waals surface area (Å²) in [6, 6.07) is -10.8. The Hall–Kier alpha value is -7.68. The number of aliphatic hydroxyl groups excluding tert-OH is 3. The molecule has 2 saturated heterocycles. The zero-order chi connectivity index (χ0) is 64.5. The Morgan fingerprint density at radius 2 is 0.988 bits per heavy atom. The number of nitrogens with two attached hydrogens (primary N) is 2. The van der Waals surface area contributed by atoms with Crippen LogP contribution in [0.4, 0.5) is 0 Å². The van der Waals surface area contributed by atoms with Gasteiger partial charge in [-0.3, -0.25) is 57.5 Å². The number of primary amides is 1. The topological polar surface area (TPSA) is 498 Å². The van der Waals surface area contributed by atoms with Crippen LogP contribution < -0.4 is 54.0 Å². The van der Waals surface area contributed by atoms with Crippen molar-refractivity contribution in [3.63, 3.8) is 0 Å². The van der Waals surface area contributed by atoms with Gasteiger partial charge in [-0.25, -0.2) is 4.79 Å². The molecule has 0 aromatic heterocycles. The molecule has 31 nitrogen and oxygen atoms in total. The average molecular weight is 1240 g/mol. The molecule has 0 radical (unpaired) electrons. The zero-order valence-corrected chi connectivity index (χ0v) is 49.6. The third-order valence-corrected chi connectivity index (χ3v) is 14.7. The van der Waals surface area contributed by atoms with E-state index in [9.17, 15) is 93.0 Å². The zero-order valence-electron chi connectivity index (χ0n) is 48.8. The number of aliphatic hydroxyl groups is 3. The maximum atomic E-state index is 14.3. The predicted molar refractivity (Wildman–Crippen MR) is 306 cm³/mol. The second-order valence-corrected chi connectivity index (χ2v) is 22.9. The summed E-state index contributed by atoms with van der Waals surface area (Å²) in [5.74, 6) is -13.6. The second-order valence-electron chi connectivity index (χ2n) is 21.9. The Bertz CT molecular complexity index is 2560. The molecule has 1 aromatic rings. The minimum absolute atomic E-state index is 0.00867. The fourth-order valence-electron chi connectivity index (χ4n) is 9.58. The third-order valence-electron chi connectivity index (χ3n) is 14.0. The van der Waals surface area contributed by atoms with Gasteiger partial charge in [-0.05, 0) is 92.9 Å². The van der Waals surface area contributed by atoms with Crippen molar-refractivity contribution < 1.29 is 93.0 Å². The van der Waals surface area contributed by atoms with Gasteiger partial charge in [-0.1, -0.05) is 39.8 Å². The number of aliphatic carboxylic acids is 2. The summed E-state index contributed by atoms with van der Waals surface area (Å²) in [7, 11) is 0. The lowest BCUT2D eigenvalue weighted by atomic mass is 10.0. The minimum Gasteiger partial charge on any atom is -0.508 e. The van der Waals surface area contributed by atoms with Gasteiger partial charge in [0.05, 0.1) is 32.3 Å². The van der Waals surface area contributed by atoms with Crippen molar-refractivity contribution in [1.29, 1.82) is 0 Å². The van der Waals surface area contributed by atoms with Crippen LogP contribution >= 0.6 is 11.8 Å². The highest BCUT2D eigenvalue weighted by Gasteiger charge is 2.43. The summed E-state index contributed by atoms with van der Waals surface area (Å²) in [5, 5.41) is 78.8. The number of amides is 11. The highest BCUT2D eigenvalue weighted by atomic mass is 32.2. The Morgan fingerprint density at radius 3 is 1.48 bits per heavy atom. The molecule has 2 fully saturated rings. The van der Waals surface area contributed by atoms with Crippen molar-refractivity contribution in [2.75, 3.05) is 44.9 Å². The van der Waals surface area contributed by atoms with Crippen LogP contribution in [0.25, 0.3) is 0 Å². The van der Waals surface area contributed by atoms with Crippen LogP contribution in [-0.4, -0.2) is 229 Å². The van der Waals surface area contributed by atoms with Crippen LogP contribution in [0.3, 0.4) is 0 Å². The first kappa shape index (κ1) is 72.6. The molecule has 0 saturated carbocycles. The number of carboxylic acid groups (broad SMARTS) is 2. The summed E-state index contributed by atoms with van der Waals surface area (Å²) in [5.41, 5.74) is 11.9. The van der Waals surface area contributed by atoms with Gasteiger partial charge in [0, 0.05) is 25.9 Å². The molecule has 18 N–H and O–H groups in total. The minimum atomic E-state index is -1.75. The lowest BCUT2D eigenvalue weighted by Gasteiger charge is -2.31. The molecule has 480 valence electrons. The first-order valence-electron chi connectivity index (χ1n) is 28.2. The summed E-state index contributed by atoms with van der Waals surface area (Å²) in [6.45, 7) is 3.88. The van der Waals surface area contributed by atoms with Crippen molar-refractivity contribution in [1.82, 2.24) is 52.3 Å². The van der Waals surface area contributed by atoms with E-state index in [1.54, 1.807) is 20.1 Å². The Morgan fingerprint density at radius 1 is 0.558 bits per heavy atom. The molecule has 0 unspecified atom stereocenters. The third kappa shape index (κ3) is 23.0. The number of benzene rings is 1. The van der Waals surface area contributed by atoms with Crippen molar-refractivity contribution in [3.8, 4) is 5.75 Å². The molecule has 2 aliphatic rings. The summed E-state index contributed by atoms with van der Waals surface area (Å²) in [6.07, 6.45) is 0.230. The molecular formula is C54H84N12O19S. The number of phenols is 1. The van der Waals surface area contributed by atoms with Gasteiger partial charge < -0.3 is 94.4 Å². The summed E-state index contributed by atoms with van der Waals surface area (Å²) < 4.78 is 0. The van der Waals surface area contributed by atoms with Gasteiger partial charge in [0.25, 0.3) is 0 Å². The number of likely N-dealkylation sites (tertiary alicyclic amines) is 2. The van der Waals surface area contributed by atoms with E-state index in [0.29, 0.717) is 5.56 Å². The number of phenolic OH excluding ortho intramolecular Hbond substituents is 1. The summed E-state index contributed by atoms with van der Waals surface area (Å²) in [4.78, 5) is 175. The second kappa shape index (κ2) is 35.7. The number of hydrogen-bond donors (Lipinski definition) is 16. The molecule has 0 bridgehead atoms. The average Bonchev–Trinajstić information content (AvgIpc) is 2.60. The normalized spacial score (nSPS) is 17.9. The Labute approximate surface area is 501 Å². The molecule has 1 aromatic carbocycles. The van der Waals surface area contributed by atoms with Crippen LogP contribution in [-0.2, 0) is 68.7 Å². The van der Waals surface area contributed by atoms with Crippen LogP contribution in [0.2, 0.25) is 0 Å². The highest BCUT2D eigenvalue weighted by molar-refractivity contribution is 7.98. The molecule has 3 rings (SSSR count). The van der Waals surface area contributed by atoms with Crippen molar-refractivity contribution in [3.05, 3.63) is 29.8 Å². The van der Waals surface area contributed by atoms with Crippen LogP contribution in [0.15, 0.2) is 24.3 Å². The summed E-state index contributed by atoms with van der Waals surface area (Å²) >= 11 is 1.29. The van der Waals surface area contributed by atoms with E-state index in [1.807, 2.05) is 13.8 Å². The Balaban J connectivity index is 1.75. The van der Waals surface area contributed by atoms with E-state index < -0.39 is 182 Å². The Kier molecular flexibility index (Phi) is 30.1. The van der Waals surface area contributed by atoms with Crippen LogP contribution in [0, 0.1) is 11.8 Å².